The molecule has 0 aliphatic rings. The highest BCUT2D eigenvalue weighted by Gasteiger charge is 2.34. The molecule has 146 valence electrons. The predicted molar refractivity (Wildman–Crippen MR) is 102 cm³/mol. The number of hydrogen-bond donors (Lipinski definition) is 3. The first-order valence-electron chi connectivity index (χ1n) is 8.09. The number of aryl methyl sites for hydroxylation is 2. The molecule has 0 aliphatic carbocycles. The summed E-state index contributed by atoms with van der Waals surface area (Å²) >= 11 is 1.21. The summed E-state index contributed by atoms with van der Waals surface area (Å²) in [6, 6.07) is 7.67. The van der Waals surface area contributed by atoms with Crippen molar-refractivity contribution in [2.75, 3.05) is 0 Å². The van der Waals surface area contributed by atoms with E-state index in [0.717, 1.165) is 17.0 Å². The van der Waals surface area contributed by atoms with E-state index in [2.05, 4.69) is 9.53 Å². The third-order valence-electron chi connectivity index (χ3n) is 4.31. The fraction of sp³-hybridized carbons (Fsp3) is 0.158. The van der Waals surface area contributed by atoms with Gasteiger partial charge in [0.1, 0.15) is 5.75 Å². The van der Waals surface area contributed by atoms with Crippen LogP contribution in [0, 0.1) is 13.8 Å². The quantitative estimate of drug-likeness (QED) is 0.249. The second-order valence-corrected chi connectivity index (χ2v) is 7.15. The van der Waals surface area contributed by atoms with Crippen molar-refractivity contribution in [1.82, 2.24) is 4.37 Å². The zero-order chi connectivity index (χ0) is 20.6. The monoisotopic (exact) mass is 407 g/mol. The zero-order valence-corrected chi connectivity index (χ0v) is 15.7. The Kier molecular flexibility index (Phi) is 5.03. The third kappa shape index (κ3) is 3.53. The number of alkyl halides is 3. The maximum absolute atomic E-state index is 13.5. The van der Waals surface area contributed by atoms with Gasteiger partial charge in [0.2, 0.25) is 0 Å². The Bertz CT molecular complexity index is 1040. The third-order valence-corrected chi connectivity index (χ3v) is 5.15. The van der Waals surface area contributed by atoms with Gasteiger partial charge in [0.05, 0.1) is 11.3 Å². The van der Waals surface area contributed by atoms with Crippen molar-refractivity contribution in [3.8, 4) is 28.0 Å². The van der Waals surface area contributed by atoms with Gasteiger partial charge in [-0.1, -0.05) is 17.3 Å². The number of amidine groups is 1. The molecule has 0 bridgehead atoms. The van der Waals surface area contributed by atoms with Crippen molar-refractivity contribution in [2.24, 2.45) is 10.9 Å². The minimum atomic E-state index is -4.63. The molecule has 9 heteroatoms. The first-order chi connectivity index (χ1) is 13.1. The smallest absolute Gasteiger partial charge is 0.416 e. The molecule has 2 aromatic carbocycles. The van der Waals surface area contributed by atoms with Gasteiger partial charge in [-0.25, -0.2) is 0 Å². The van der Waals surface area contributed by atoms with Crippen molar-refractivity contribution < 1.29 is 23.5 Å². The molecule has 4 N–H and O–H groups in total. The van der Waals surface area contributed by atoms with E-state index in [-0.39, 0.29) is 16.9 Å². The van der Waals surface area contributed by atoms with E-state index in [0.29, 0.717) is 22.4 Å². The zero-order valence-electron chi connectivity index (χ0n) is 14.9. The maximum atomic E-state index is 13.5. The van der Waals surface area contributed by atoms with Gasteiger partial charge in [-0.3, -0.25) is 0 Å². The van der Waals surface area contributed by atoms with Crippen LogP contribution in [-0.4, -0.2) is 20.5 Å². The number of nitrogens with two attached hydrogens (primary N) is 1. The summed E-state index contributed by atoms with van der Waals surface area (Å²) in [7, 11) is 0. The summed E-state index contributed by atoms with van der Waals surface area (Å²) in [6.07, 6.45) is -4.63. The lowest BCUT2D eigenvalue weighted by atomic mass is 9.87. The van der Waals surface area contributed by atoms with Crippen LogP contribution in [0.3, 0.4) is 0 Å². The largest absolute Gasteiger partial charge is 0.508 e. The lowest BCUT2D eigenvalue weighted by molar-refractivity contribution is -0.137. The number of phenols is 1. The number of phenolic OH excluding ortho intramolecular Hbond substituents is 1. The lowest BCUT2D eigenvalue weighted by Crippen LogP contribution is -2.17. The Hall–Kier alpha value is -3.07. The molecule has 0 saturated heterocycles. The first kappa shape index (κ1) is 19.7. The van der Waals surface area contributed by atoms with Crippen LogP contribution >= 0.6 is 11.5 Å². The van der Waals surface area contributed by atoms with Gasteiger partial charge in [0, 0.05) is 21.6 Å². The van der Waals surface area contributed by atoms with Crippen molar-refractivity contribution in [3.63, 3.8) is 0 Å². The molecule has 28 heavy (non-hydrogen) atoms. The molecular formula is C19H16F3N3O2S. The van der Waals surface area contributed by atoms with Crippen LogP contribution in [0.5, 0.6) is 5.75 Å². The average Bonchev–Trinajstić information content (AvgIpc) is 2.98. The van der Waals surface area contributed by atoms with Crippen LogP contribution in [0.4, 0.5) is 13.2 Å². The van der Waals surface area contributed by atoms with Gasteiger partial charge in [-0.05, 0) is 60.8 Å². The van der Waals surface area contributed by atoms with Gasteiger partial charge in [0.15, 0.2) is 5.84 Å². The molecule has 1 heterocycles. The molecule has 0 saturated carbocycles. The molecule has 5 nitrogen and oxygen atoms in total. The molecule has 0 unspecified atom stereocenters. The number of aromatic hydroxyl groups is 1. The van der Waals surface area contributed by atoms with E-state index >= 15 is 0 Å². The minimum absolute atomic E-state index is 0.0153. The second kappa shape index (κ2) is 7.16. The van der Waals surface area contributed by atoms with Gasteiger partial charge in [-0.2, -0.15) is 17.5 Å². The molecule has 0 atom stereocenters. The Morgan fingerprint density at radius 2 is 1.75 bits per heavy atom. The summed E-state index contributed by atoms with van der Waals surface area (Å²) in [4.78, 5) is 0.782. The SMILES string of the molecule is Cc1nsc(C)c1-c1c(/C(N)=N/O)cc(C(F)(F)F)cc1-c1ccc(O)cc1. The normalized spacial score (nSPS) is 12.4. The van der Waals surface area contributed by atoms with Crippen molar-refractivity contribution >= 4 is 17.4 Å². The highest BCUT2D eigenvalue weighted by atomic mass is 32.1. The Morgan fingerprint density at radius 1 is 1.11 bits per heavy atom. The van der Waals surface area contributed by atoms with Gasteiger partial charge < -0.3 is 16.0 Å². The van der Waals surface area contributed by atoms with Crippen LogP contribution in [0.25, 0.3) is 22.3 Å². The molecule has 0 amide bonds. The molecule has 1 aromatic heterocycles. The highest BCUT2D eigenvalue weighted by molar-refractivity contribution is 7.06. The number of nitrogens with zero attached hydrogens (tertiary/aromatic N) is 2. The average molecular weight is 407 g/mol. The van der Waals surface area contributed by atoms with Crippen LogP contribution in [-0.2, 0) is 6.18 Å². The molecule has 0 radical (unpaired) electrons. The minimum Gasteiger partial charge on any atom is -0.508 e. The molecule has 0 aliphatic heterocycles. The fourth-order valence-corrected chi connectivity index (χ4v) is 3.75. The van der Waals surface area contributed by atoms with E-state index < -0.39 is 17.6 Å². The summed E-state index contributed by atoms with van der Waals surface area (Å²) in [5.41, 5.74) is 7.09. The number of oxime groups is 1. The summed E-state index contributed by atoms with van der Waals surface area (Å²) in [5, 5.41) is 21.7. The fourth-order valence-electron chi connectivity index (χ4n) is 3.04. The van der Waals surface area contributed by atoms with Gasteiger partial charge in [-0.15, -0.1) is 0 Å². The van der Waals surface area contributed by atoms with Crippen molar-refractivity contribution in [3.05, 3.63) is 58.1 Å². The van der Waals surface area contributed by atoms with Crippen molar-refractivity contribution in [2.45, 2.75) is 20.0 Å². The van der Waals surface area contributed by atoms with Gasteiger partial charge in [0.25, 0.3) is 0 Å². The number of benzene rings is 2. The standard InChI is InChI=1S/C19H16F3N3O2S/c1-9-16(10(2)28-25-9)17-14(11-3-5-13(26)6-4-11)7-12(19(20,21)22)8-15(17)18(23)24-27/h3-8,26-27H,1-2H3,(H2,23,24). The van der Waals surface area contributed by atoms with E-state index in [9.17, 15) is 23.5 Å². The molecule has 3 rings (SSSR count). The Balaban J connectivity index is 2.48. The van der Waals surface area contributed by atoms with E-state index in [1.54, 1.807) is 13.8 Å². The highest BCUT2D eigenvalue weighted by Crippen LogP contribution is 2.43. The molecular weight excluding hydrogens is 391 g/mol. The van der Waals surface area contributed by atoms with Crippen LogP contribution in [0.2, 0.25) is 0 Å². The Morgan fingerprint density at radius 3 is 2.25 bits per heavy atom. The summed E-state index contributed by atoms with van der Waals surface area (Å²) in [5.74, 6) is -0.454. The number of halogens is 3. The van der Waals surface area contributed by atoms with E-state index in [1.807, 2.05) is 0 Å². The maximum Gasteiger partial charge on any atom is 0.416 e. The first-order valence-corrected chi connectivity index (χ1v) is 8.86. The van der Waals surface area contributed by atoms with Crippen LogP contribution in [0.1, 0.15) is 21.7 Å². The number of rotatable bonds is 3. The predicted octanol–water partition coefficient (Wildman–Crippen LogP) is 4.91. The number of hydrogen-bond acceptors (Lipinski definition) is 5. The van der Waals surface area contributed by atoms with Crippen LogP contribution in [0.15, 0.2) is 41.6 Å². The van der Waals surface area contributed by atoms with Gasteiger partial charge >= 0.3 is 6.18 Å². The molecule has 3 aromatic rings. The molecule has 0 fully saturated rings. The summed E-state index contributed by atoms with van der Waals surface area (Å²) < 4.78 is 44.9. The van der Waals surface area contributed by atoms with E-state index in [1.165, 1.54) is 35.8 Å². The molecule has 0 spiro atoms. The number of aromatic nitrogens is 1. The topological polar surface area (TPSA) is 91.7 Å². The van der Waals surface area contributed by atoms with Crippen molar-refractivity contribution in [1.29, 1.82) is 0 Å². The lowest BCUT2D eigenvalue weighted by Gasteiger charge is -2.19. The second-order valence-electron chi connectivity index (χ2n) is 6.18. The Labute approximate surface area is 162 Å². The van der Waals surface area contributed by atoms with E-state index in [4.69, 9.17) is 5.73 Å². The summed E-state index contributed by atoms with van der Waals surface area (Å²) in [6.45, 7) is 3.54. The van der Waals surface area contributed by atoms with Crippen LogP contribution < -0.4 is 5.73 Å².